The lowest BCUT2D eigenvalue weighted by Gasteiger charge is -2.26. The Kier molecular flexibility index (Phi) is 7.34. The minimum absolute atomic E-state index is 0.205. The van der Waals surface area contributed by atoms with Crippen LogP contribution in [0.25, 0.3) is 6.08 Å². The SMILES string of the molecule is COc1ccccc1NC(=O)COc1cccc(/C=C2/C(=O)NC(=O)N(c3ccc(C)c(C)c3)C2=O)c1. The summed E-state index contributed by atoms with van der Waals surface area (Å²) in [5.74, 6) is -1.04. The third-order valence-corrected chi connectivity index (χ3v) is 5.77. The molecule has 1 heterocycles. The van der Waals surface area contributed by atoms with Crippen LogP contribution in [0, 0.1) is 13.8 Å². The lowest BCUT2D eigenvalue weighted by molar-refractivity contribution is -0.122. The summed E-state index contributed by atoms with van der Waals surface area (Å²) in [7, 11) is 1.51. The molecule has 9 heteroatoms. The van der Waals surface area contributed by atoms with Crippen LogP contribution < -0.4 is 25.0 Å². The molecule has 1 saturated heterocycles. The zero-order valence-corrected chi connectivity index (χ0v) is 20.5. The van der Waals surface area contributed by atoms with Gasteiger partial charge in [-0.05, 0) is 73.0 Å². The average Bonchev–Trinajstić information content (AvgIpc) is 2.88. The van der Waals surface area contributed by atoms with Crippen LogP contribution in [-0.2, 0) is 14.4 Å². The number of nitrogens with one attached hydrogen (secondary N) is 2. The first-order valence-electron chi connectivity index (χ1n) is 11.4. The number of aryl methyl sites for hydroxylation is 2. The van der Waals surface area contributed by atoms with Gasteiger partial charge in [0.05, 0.1) is 18.5 Å². The molecule has 1 aliphatic heterocycles. The molecule has 0 unspecified atom stereocenters. The molecule has 0 spiro atoms. The van der Waals surface area contributed by atoms with Gasteiger partial charge in [0.1, 0.15) is 17.1 Å². The van der Waals surface area contributed by atoms with E-state index in [0.717, 1.165) is 16.0 Å². The molecule has 9 nitrogen and oxygen atoms in total. The van der Waals surface area contributed by atoms with Crippen LogP contribution in [-0.4, -0.2) is 37.5 Å². The number of ether oxygens (including phenoxy) is 2. The molecule has 0 bridgehead atoms. The molecule has 0 aromatic heterocycles. The van der Waals surface area contributed by atoms with E-state index in [1.54, 1.807) is 66.7 Å². The van der Waals surface area contributed by atoms with E-state index >= 15 is 0 Å². The van der Waals surface area contributed by atoms with Crippen molar-refractivity contribution in [2.24, 2.45) is 0 Å². The zero-order chi connectivity index (χ0) is 26.5. The van der Waals surface area contributed by atoms with Crippen molar-refractivity contribution >= 4 is 41.2 Å². The topological polar surface area (TPSA) is 114 Å². The Morgan fingerprint density at radius 3 is 2.51 bits per heavy atom. The lowest BCUT2D eigenvalue weighted by atomic mass is 10.0. The van der Waals surface area contributed by atoms with E-state index in [1.165, 1.54) is 13.2 Å². The second kappa shape index (κ2) is 10.8. The number of methoxy groups -OCH3 is 1. The van der Waals surface area contributed by atoms with Gasteiger partial charge in [0.2, 0.25) is 0 Å². The fourth-order valence-corrected chi connectivity index (χ4v) is 3.70. The Morgan fingerprint density at radius 2 is 1.76 bits per heavy atom. The van der Waals surface area contributed by atoms with Gasteiger partial charge >= 0.3 is 6.03 Å². The van der Waals surface area contributed by atoms with Crippen LogP contribution in [0.4, 0.5) is 16.2 Å². The van der Waals surface area contributed by atoms with Gasteiger partial charge in [-0.2, -0.15) is 0 Å². The molecule has 5 amide bonds. The number of anilines is 2. The molecule has 1 fully saturated rings. The highest BCUT2D eigenvalue weighted by molar-refractivity contribution is 6.39. The zero-order valence-electron chi connectivity index (χ0n) is 20.5. The third-order valence-electron chi connectivity index (χ3n) is 5.77. The normalized spacial score (nSPS) is 14.4. The number of barbiturate groups is 1. The quantitative estimate of drug-likeness (QED) is 0.375. The smallest absolute Gasteiger partial charge is 0.335 e. The van der Waals surface area contributed by atoms with Gasteiger partial charge in [-0.25, -0.2) is 9.69 Å². The number of urea groups is 1. The van der Waals surface area contributed by atoms with E-state index in [0.29, 0.717) is 28.4 Å². The molecule has 0 radical (unpaired) electrons. The molecule has 0 saturated carbocycles. The fourth-order valence-electron chi connectivity index (χ4n) is 3.70. The van der Waals surface area contributed by atoms with Crippen LogP contribution in [0.5, 0.6) is 11.5 Å². The average molecular weight is 500 g/mol. The molecule has 3 aromatic carbocycles. The Morgan fingerprint density at radius 1 is 0.973 bits per heavy atom. The fraction of sp³-hybridized carbons (Fsp3) is 0.143. The maximum Gasteiger partial charge on any atom is 0.335 e. The lowest BCUT2D eigenvalue weighted by Crippen LogP contribution is -2.54. The minimum Gasteiger partial charge on any atom is -0.495 e. The van der Waals surface area contributed by atoms with Crippen LogP contribution >= 0.6 is 0 Å². The van der Waals surface area contributed by atoms with E-state index < -0.39 is 23.8 Å². The Hall–Kier alpha value is -4.92. The predicted molar refractivity (Wildman–Crippen MR) is 138 cm³/mol. The van der Waals surface area contributed by atoms with Gasteiger partial charge in [0.25, 0.3) is 17.7 Å². The molecule has 2 N–H and O–H groups in total. The number of carbonyl (C=O) groups is 4. The van der Waals surface area contributed by atoms with Crippen molar-refractivity contribution in [1.29, 1.82) is 0 Å². The van der Waals surface area contributed by atoms with Gasteiger partial charge in [-0.3, -0.25) is 19.7 Å². The molecule has 4 rings (SSSR count). The van der Waals surface area contributed by atoms with E-state index in [4.69, 9.17) is 9.47 Å². The van der Waals surface area contributed by atoms with Crippen molar-refractivity contribution < 1.29 is 28.7 Å². The van der Waals surface area contributed by atoms with Crippen molar-refractivity contribution in [3.63, 3.8) is 0 Å². The van der Waals surface area contributed by atoms with Crippen molar-refractivity contribution in [3.05, 3.63) is 89.0 Å². The van der Waals surface area contributed by atoms with Gasteiger partial charge in [-0.1, -0.05) is 30.3 Å². The minimum atomic E-state index is -0.812. The number of carbonyl (C=O) groups excluding carboxylic acids is 4. The summed E-state index contributed by atoms with van der Waals surface area (Å²) in [6.45, 7) is 3.52. The molecular weight excluding hydrogens is 474 g/mol. The summed E-state index contributed by atoms with van der Waals surface area (Å²) >= 11 is 0. The largest absolute Gasteiger partial charge is 0.495 e. The summed E-state index contributed by atoms with van der Waals surface area (Å²) in [4.78, 5) is 51.4. The van der Waals surface area contributed by atoms with Gasteiger partial charge in [-0.15, -0.1) is 0 Å². The van der Waals surface area contributed by atoms with E-state index in [9.17, 15) is 19.2 Å². The number of imide groups is 2. The molecule has 1 aliphatic rings. The summed E-state index contributed by atoms with van der Waals surface area (Å²) in [6, 6.07) is 17.9. The van der Waals surface area contributed by atoms with Crippen molar-refractivity contribution in [2.45, 2.75) is 13.8 Å². The van der Waals surface area contributed by atoms with Crippen LogP contribution in [0.3, 0.4) is 0 Å². The van der Waals surface area contributed by atoms with Crippen molar-refractivity contribution in [1.82, 2.24) is 5.32 Å². The Labute approximate surface area is 213 Å². The Bertz CT molecular complexity index is 1430. The number of hydrogen-bond donors (Lipinski definition) is 2. The van der Waals surface area contributed by atoms with Gasteiger partial charge in [0, 0.05) is 0 Å². The van der Waals surface area contributed by atoms with E-state index in [2.05, 4.69) is 10.6 Å². The second-order valence-corrected chi connectivity index (χ2v) is 8.34. The number of amides is 5. The molecule has 37 heavy (non-hydrogen) atoms. The van der Waals surface area contributed by atoms with E-state index in [-0.39, 0.29) is 12.2 Å². The molecule has 0 atom stereocenters. The molecular formula is C28H25N3O6. The standard InChI is InChI=1S/C28H25N3O6/c1-17-11-12-20(13-18(17)2)31-27(34)22(26(33)30-28(31)35)15-19-7-6-8-21(14-19)37-16-25(32)29-23-9-4-5-10-24(23)36-3/h4-15H,16H2,1-3H3,(H,29,32)(H,30,33,35)/b22-15-. The van der Waals surface area contributed by atoms with Gasteiger partial charge < -0.3 is 14.8 Å². The molecule has 3 aromatic rings. The van der Waals surface area contributed by atoms with Crippen LogP contribution in [0.2, 0.25) is 0 Å². The number of para-hydroxylation sites is 2. The van der Waals surface area contributed by atoms with Crippen molar-refractivity contribution in [2.75, 3.05) is 23.9 Å². The number of hydrogen-bond acceptors (Lipinski definition) is 6. The summed E-state index contributed by atoms with van der Waals surface area (Å²) in [5, 5.41) is 4.93. The van der Waals surface area contributed by atoms with Crippen LogP contribution in [0.1, 0.15) is 16.7 Å². The maximum absolute atomic E-state index is 13.2. The monoisotopic (exact) mass is 499 g/mol. The second-order valence-electron chi connectivity index (χ2n) is 8.34. The highest BCUT2D eigenvalue weighted by atomic mass is 16.5. The molecule has 188 valence electrons. The first-order valence-corrected chi connectivity index (χ1v) is 11.4. The predicted octanol–water partition coefficient (Wildman–Crippen LogP) is 4.00. The molecule has 0 aliphatic carbocycles. The first kappa shape index (κ1) is 25.2. The number of nitrogens with zero attached hydrogens (tertiary/aromatic N) is 1. The maximum atomic E-state index is 13.2. The number of benzene rings is 3. The highest BCUT2D eigenvalue weighted by Gasteiger charge is 2.36. The summed E-state index contributed by atoms with van der Waals surface area (Å²) in [6.07, 6.45) is 1.37. The summed E-state index contributed by atoms with van der Waals surface area (Å²) in [5.41, 5.74) is 3.07. The van der Waals surface area contributed by atoms with Gasteiger partial charge in [0.15, 0.2) is 6.61 Å². The number of rotatable bonds is 7. The third kappa shape index (κ3) is 5.67. The Balaban J connectivity index is 1.49. The first-order chi connectivity index (χ1) is 17.8. The van der Waals surface area contributed by atoms with E-state index in [1.807, 2.05) is 13.8 Å². The highest BCUT2D eigenvalue weighted by Crippen LogP contribution is 2.25. The van der Waals surface area contributed by atoms with Crippen LogP contribution in [0.15, 0.2) is 72.3 Å². The summed E-state index contributed by atoms with van der Waals surface area (Å²) < 4.78 is 10.8. The van der Waals surface area contributed by atoms with Crippen molar-refractivity contribution in [3.8, 4) is 11.5 Å².